The molecule has 0 unspecified atom stereocenters. The van der Waals surface area contributed by atoms with Gasteiger partial charge >= 0.3 is 0 Å². The Hall–Kier alpha value is -7.37. The van der Waals surface area contributed by atoms with E-state index in [1.165, 1.54) is 16.2 Å². The van der Waals surface area contributed by atoms with E-state index in [2.05, 4.69) is 161 Å². The maximum Gasteiger partial charge on any atom is 0.238 e. The van der Waals surface area contributed by atoms with Crippen molar-refractivity contribution in [1.29, 1.82) is 0 Å². The molecule has 0 N–H and O–H groups in total. The molecule has 11 aromatic rings. The van der Waals surface area contributed by atoms with E-state index in [4.69, 9.17) is 15.0 Å². The Kier molecular flexibility index (Phi) is 6.79. The fourth-order valence-corrected chi connectivity index (χ4v) is 8.13. The van der Waals surface area contributed by atoms with Gasteiger partial charge in [0.05, 0.1) is 22.1 Å². The quantitative estimate of drug-likeness (QED) is 0.181. The second-order valence-corrected chi connectivity index (χ2v) is 13.7. The minimum atomic E-state index is 0.565. The first-order valence-corrected chi connectivity index (χ1v) is 18.2. The van der Waals surface area contributed by atoms with E-state index in [1.54, 1.807) is 0 Å². The summed E-state index contributed by atoms with van der Waals surface area (Å²) in [6.07, 6.45) is 0. The van der Waals surface area contributed by atoms with Crippen LogP contribution in [0.4, 0.5) is 0 Å². The summed E-state index contributed by atoms with van der Waals surface area (Å²) in [4.78, 5) is 15.7. The first-order valence-electron chi connectivity index (χ1n) is 18.2. The van der Waals surface area contributed by atoms with Crippen LogP contribution in [-0.2, 0) is 0 Å². The van der Waals surface area contributed by atoms with E-state index in [1.807, 2.05) is 36.4 Å². The van der Waals surface area contributed by atoms with Crippen molar-refractivity contribution in [3.63, 3.8) is 0 Å². The summed E-state index contributed by atoms with van der Waals surface area (Å²) in [5.74, 6) is 1.81. The van der Waals surface area contributed by atoms with Crippen molar-refractivity contribution in [2.45, 2.75) is 0 Å². The van der Waals surface area contributed by atoms with Crippen molar-refractivity contribution in [2.75, 3.05) is 0 Å². The number of para-hydroxylation sites is 3. The predicted octanol–water partition coefficient (Wildman–Crippen LogP) is 12.2. The van der Waals surface area contributed by atoms with E-state index < -0.39 is 0 Å². The van der Waals surface area contributed by atoms with Crippen molar-refractivity contribution in [3.05, 3.63) is 188 Å². The first kappa shape index (κ1) is 30.3. The Morgan fingerprint density at radius 3 is 1.59 bits per heavy atom. The van der Waals surface area contributed by atoms with Gasteiger partial charge in [0, 0.05) is 38.4 Å². The zero-order valence-electron chi connectivity index (χ0n) is 29.1. The lowest BCUT2D eigenvalue weighted by Gasteiger charge is -2.14. The fraction of sp³-hybridized carbons (Fsp3) is 0. The number of benzene rings is 8. The van der Waals surface area contributed by atoms with Gasteiger partial charge in [0.15, 0.2) is 11.6 Å². The Balaban J connectivity index is 1.36. The zero-order valence-corrected chi connectivity index (χ0v) is 29.1. The van der Waals surface area contributed by atoms with Gasteiger partial charge in [0.25, 0.3) is 0 Å². The Bertz CT molecular complexity index is 3140. The molecule has 0 saturated carbocycles. The summed E-state index contributed by atoms with van der Waals surface area (Å²) < 4.78 is 4.68. The largest absolute Gasteiger partial charge is 0.307 e. The maximum absolute atomic E-state index is 5.31. The fourth-order valence-electron chi connectivity index (χ4n) is 8.13. The smallest absolute Gasteiger partial charge is 0.238 e. The van der Waals surface area contributed by atoms with Gasteiger partial charge in [-0.3, -0.25) is 4.57 Å². The van der Waals surface area contributed by atoms with Crippen molar-refractivity contribution in [1.82, 2.24) is 24.1 Å². The molecule has 5 heteroatoms. The highest BCUT2D eigenvalue weighted by Crippen LogP contribution is 2.46. The van der Waals surface area contributed by atoms with Gasteiger partial charge in [0.1, 0.15) is 0 Å². The molecule has 3 aromatic heterocycles. The van der Waals surface area contributed by atoms with Crippen LogP contribution in [0.25, 0.3) is 99.9 Å². The molecule has 0 bridgehead atoms. The number of rotatable bonds is 5. The van der Waals surface area contributed by atoms with E-state index in [0.29, 0.717) is 17.6 Å². The molecule has 0 radical (unpaired) electrons. The average molecular weight is 690 g/mol. The second-order valence-electron chi connectivity index (χ2n) is 13.7. The van der Waals surface area contributed by atoms with Crippen LogP contribution in [0.1, 0.15) is 0 Å². The predicted molar refractivity (Wildman–Crippen MR) is 222 cm³/mol. The molecule has 0 fully saturated rings. The summed E-state index contributed by atoms with van der Waals surface area (Å²) in [6, 6.07) is 66.2. The molecule has 0 spiro atoms. The van der Waals surface area contributed by atoms with Crippen molar-refractivity contribution < 1.29 is 0 Å². The van der Waals surface area contributed by atoms with Crippen LogP contribution in [0, 0.1) is 0 Å². The minimum absolute atomic E-state index is 0.565. The van der Waals surface area contributed by atoms with Crippen LogP contribution in [0.5, 0.6) is 0 Å². The molecule has 5 nitrogen and oxygen atoms in total. The van der Waals surface area contributed by atoms with Gasteiger partial charge in [-0.1, -0.05) is 152 Å². The molecule has 0 atom stereocenters. The Labute approximate surface area is 311 Å². The highest BCUT2D eigenvalue weighted by molar-refractivity contribution is 6.28. The highest BCUT2D eigenvalue weighted by Gasteiger charge is 2.26. The Morgan fingerprint density at radius 2 is 0.907 bits per heavy atom. The van der Waals surface area contributed by atoms with Crippen LogP contribution in [-0.4, -0.2) is 24.1 Å². The minimum Gasteiger partial charge on any atom is -0.307 e. The van der Waals surface area contributed by atoms with Gasteiger partial charge in [-0.05, 0) is 58.3 Å². The van der Waals surface area contributed by atoms with Gasteiger partial charge in [-0.15, -0.1) is 0 Å². The molecule has 54 heavy (non-hydrogen) atoms. The number of aromatic nitrogens is 5. The lowest BCUT2D eigenvalue weighted by atomic mass is 9.95. The standard InChI is InChI=1S/C49H31N5/c1-4-17-33(18-5-1)47-50-48(34-19-6-2-7-20-34)52-49(51-47)54-43-27-15-13-25-39(43)44-40(36-29-28-32-16-10-11-21-35(32)30-36)31-41-38-24-12-14-26-42(38)53(45(41)46(44)54)37-22-8-3-9-23-37/h1-31H. The third kappa shape index (κ3) is 4.69. The van der Waals surface area contributed by atoms with Crippen LogP contribution in [0.3, 0.4) is 0 Å². The van der Waals surface area contributed by atoms with Crippen molar-refractivity contribution >= 4 is 54.4 Å². The molecule has 11 rings (SSSR count). The number of hydrogen-bond donors (Lipinski definition) is 0. The van der Waals surface area contributed by atoms with Crippen LogP contribution < -0.4 is 0 Å². The number of fused-ring (bicyclic) bond motifs is 8. The zero-order chi connectivity index (χ0) is 35.6. The molecule has 252 valence electrons. The molecule has 0 aliphatic carbocycles. The normalized spacial score (nSPS) is 11.7. The molecule has 0 amide bonds. The van der Waals surface area contributed by atoms with Crippen LogP contribution >= 0.6 is 0 Å². The highest BCUT2D eigenvalue weighted by atomic mass is 15.2. The average Bonchev–Trinajstić information content (AvgIpc) is 3.77. The lowest BCUT2D eigenvalue weighted by molar-refractivity contribution is 0.953. The van der Waals surface area contributed by atoms with Gasteiger partial charge < -0.3 is 4.57 Å². The molecule has 8 aromatic carbocycles. The van der Waals surface area contributed by atoms with Crippen molar-refractivity contribution in [3.8, 4) is 45.5 Å². The molecule has 0 aliphatic heterocycles. The molecular formula is C49H31N5. The van der Waals surface area contributed by atoms with E-state index in [-0.39, 0.29) is 0 Å². The number of nitrogens with zero attached hydrogens (tertiary/aromatic N) is 5. The summed E-state index contributed by atoms with van der Waals surface area (Å²) in [6.45, 7) is 0. The summed E-state index contributed by atoms with van der Waals surface area (Å²) >= 11 is 0. The monoisotopic (exact) mass is 689 g/mol. The SMILES string of the molecule is c1ccc(-c2nc(-c3ccccc3)nc(-n3c4ccccc4c4c(-c5ccc6ccccc6c5)cc5c6ccccc6n(-c6ccccc6)c5c43)n2)cc1. The summed E-state index contributed by atoms with van der Waals surface area (Å²) in [5.41, 5.74) is 9.57. The summed E-state index contributed by atoms with van der Waals surface area (Å²) in [5, 5.41) is 7.05. The molecule has 0 aliphatic rings. The van der Waals surface area contributed by atoms with Gasteiger partial charge in [0.2, 0.25) is 5.95 Å². The Morgan fingerprint density at radius 1 is 0.352 bits per heavy atom. The third-order valence-corrected chi connectivity index (χ3v) is 10.5. The first-order chi connectivity index (χ1) is 26.8. The molecule has 0 saturated heterocycles. The van der Waals surface area contributed by atoms with Crippen LogP contribution in [0.2, 0.25) is 0 Å². The third-order valence-electron chi connectivity index (χ3n) is 10.5. The van der Waals surface area contributed by atoms with E-state index in [9.17, 15) is 0 Å². The van der Waals surface area contributed by atoms with Gasteiger partial charge in [-0.2, -0.15) is 9.97 Å². The topological polar surface area (TPSA) is 48.5 Å². The lowest BCUT2D eigenvalue weighted by Crippen LogP contribution is -2.07. The molecule has 3 heterocycles. The molecular weight excluding hydrogens is 659 g/mol. The number of hydrogen-bond acceptors (Lipinski definition) is 3. The van der Waals surface area contributed by atoms with E-state index >= 15 is 0 Å². The van der Waals surface area contributed by atoms with Crippen LogP contribution in [0.15, 0.2) is 188 Å². The van der Waals surface area contributed by atoms with Gasteiger partial charge in [-0.25, -0.2) is 4.98 Å². The maximum atomic E-state index is 5.31. The second kappa shape index (κ2) is 12.1. The summed E-state index contributed by atoms with van der Waals surface area (Å²) in [7, 11) is 0. The van der Waals surface area contributed by atoms with Crippen molar-refractivity contribution in [2.24, 2.45) is 0 Å². The van der Waals surface area contributed by atoms with E-state index in [0.717, 1.165) is 66.2 Å².